The zero-order valence-corrected chi connectivity index (χ0v) is 12.4. The number of carbonyl (C=O) groups is 1. The monoisotopic (exact) mass is 244 g/mol. The van der Waals surface area contributed by atoms with E-state index in [0.717, 1.165) is 12.8 Å². The molecule has 0 aromatic heterocycles. The molecule has 0 aliphatic carbocycles. The van der Waals surface area contributed by atoms with Crippen LogP contribution in [0.2, 0.25) is 0 Å². The van der Waals surface area contributed by atoms with E-state index in [1.807, 2.05) is 0 Å². The maximum Gasteiger partial charge on any atom is 0.314 e. The normalized spacial score (nSPS) is 15.8. The van der Waals surface area contributed by atoms with Gasteiger partial charge in [0.1, 0.15) is 0 Å². The van der Waals surface area contributed by atoms with Crippen molar-refractivity contribution in [3.63, 3.8) is 0 Å². The summed E-state index contributed by atoms with van der Waals surface area (Å²) in [5.41, 5.74) is -0.695. The first kappa shape index (κ1) is 16.4. The Morgan fingerprint density at radius 1 is 1.24 bits per heavy atom. The van der Waals surface area contributed by atoms with E-state index in [1.54, 1.807) is 7.11 Å². The first-order valence-corrected chi connectivity index (χ1v) is 6.34. The van der Waals surface area contributed by atoms with Crippen LogP contribution in [0.5, 0.6) is 0 Å². The molecule has 0 aliphatic heterocycles. The van der Waals surface area contributed by atoms with Gasteiger partial charge in [-0.05, 0) is 24.2 Å². The molecule has 0 radical (unpaired) electrons. The molecule has 1 unspecified atom stereocenters. The molecular formula is C14H28O3. The standard InChI is InChI=1S/C14H28O3/c1-8-13(4,5)14(10-16-6,9-11(2)3)12(15)17-7/h11H,8-10H2,1-7H3. The van der Waals surface area contributed by atoms with Gasteiger partial charge < -0.3 is 9.47 Å². The molecule has 0 saturated heterocycles. The summed E-state index contributed by atoms with van der Waals surface area (Å²) in [5, 5.41) is 0. The Morgan fingerprint density at radius 3 is 2.06 bits per heavy atom. The van der Waals surface area contributed by atoms with Crippen molar-refractivity contribution in [1.82, 2.24) is 0 Å². The fourth-order valence-corrected chi connectivity index (χ4v) is 2.43. The van der Waals surface area contributed by atoms with Gasteiger partial charge in [-0.1, -0.05) is 34.6 Å². The van der Waals surface area contributed by atoms with Gasteiger partial charge in [0, 0.05) is 7.11 Å². The van der Waals surface area contributed by atoms with Crippen LogP contribution in [0.4, 0.5) is 0 Å². The molecule has 0 saturated carbocycles. The van der Waals surface area contributed by atoms with Crippen molar-refractivity contribution in [3.05, 3.63) is 0 Å². The molecule has 0 aliphatic rings. The molecule has 0 aromatic rings. The third-order valence-corrected chi connectivity index (χ3v) is 3.90. The molecule has 0 N–H and O–H groups in total. The molecule has 3 heteroatoms. The lowest BCUT2D eigenvalue weighted by atomic mass is 9.61. The van der Waals surface area contributed by atoms with E-state index >= 15 is 0 Å². The predicted molar refractivity (Wildman–Crippen MR) is 69.9 cm³/mol. The zero-order valence-electron chi connectivity index (χ0n) is 12.4. The van der Waals surface area contributed by atoms with Gasteiger partial charge in [-0.25, -0.2) is 0 Å². The fourth-order valence-electron chi connectivity index (χ4n) is 2.43. The van der Waals surface area contributed by atoms with Gasteiger partial charge in [-0.3, -0.25) is 4.79 Å². The van der Waals surface area contributed by atoms with E-state index in [1.165, 1.54) is 7.11 Å². The fraction of sp³-hybridized carbons (Fsp3) is 0.929. The third-order valence-electron chi connectivity index (χ3n) is 3.90. The maximum absolute atomic E-state index is 12.3. The van der Waals surface area contributed by atoms with Crippen molar-refractivity contribution in [2.75, 3.05) is 20.8 Å². The topological polar surface area (TPSA) is 35.5 Å². The molecule has 0 aromatic carbocycles. The van der Waals surface area contributed by atoms with Crippen LogP contribution in [0.25, 0.3) is 0 Å². The number of rotatable bonds is 7. The highest BCUT2D eigenvalue weighted by Crippen LogP contribution is 2.47. The molecule has 1 atom stereocenters. The van der Waals surface area contributed by atoms with Crippen molar-refractivity contribution in [2.45, 2.75) is 47.5 Å². The number of methoxy groups -OCH3 is 2. The van der Waals surface area contributed by atoms with Crippen molar-refractivity contribution >= 4 is 5.97 Å². The van der Waals surface area contributed by atoms with Crippen LogP contribution in [0, 0.1) is 16.7 Å². The highest BCUT2D eigenvalue weighted by Gasteiger charge is 2.51. The van der Waals surface area contributed by atoms with Crippen molar-refractivity contribution < 1.29 is 14.3 Å². The average Bonchev–Trinajstić information content (AvgIpc) is 2.26. The Kier molecular flexibility index (Phi) is 6.17. The molecule has 0 amide bonds. The quantitative estimate of drug-likeness (QED) is 0.645. The number of hydrogen-bond donors (Lipinski definition) is 0. The molecule has 0 spiro atoms. The SMILES string of the molecule is CCC(C)(C)C(COC)(CC(C)C)C(=O)OC. The molecule has 3 nitrogen and oxygen atoms in total. The average molecular weight is 244 g/mol. The van der Waals surface area contributed by atoms with E-state index in [0.29, 0.717) is 12.5 Å². The molecule has 0 bridgehead atoms. The van der Waals surface area contributed by atoms with E-state index in [-0.39, 0.29) is 11.4 Å². The van der Waals surface area contributed by atoms with Gasteiger partial charge in [-0.15, -0.1) is 0 Å². The highest BCUT2D eigenvalue weighted by molar-refractivity contribution is 5.78. The Morgan fingerprint density at radius 2 is 1.76 bits per heavy atom. The summed E-state index contributed by atoms with van der Waals surface area (Å²) >= 11 is 0. The van der Waals surface area contributed by atoms with Gasteiger partial charge in [0.05, 0.1) is 19.1 Å². The summed E-state index contributed by atoms with van der Waals surface area (Å²) in [5.74, 6) is 0.273. The Hall–Kier alpha value is -0.570. The predicted octanol–water partition coefficient (Wildman–Crippen LogP) is 3.27. The van der Waals surface area contributed by atoms with Gasteiger partial charge in [0.15, 0.2) is 0 Å². The molecule has 0 fully saturated rings. The van der Waals surface area contributed by atoms with Gasteiger partial charge in [0.2, 0.25) is 0 Å². The minimum atomic E-state index is -0.556. The smallest absolute Gasteiger partial charge is 0.314 e. The first-order chi connectivity index (χ1) is 7.77. The van der Waals surface area contributed by atoms with Crippen LogP contribution in [0.15, 0.2) is 0 Å². The van der Waals surface area contributed by atoms with Gasteiger partial charge >= 0.3 is 5.97 Å². The van der Waals surface area contributed by atoms with E-state index in [9.17, 15) is 4.79 Å². The summed E-state index contributed by atoms with van der Waals surface area (Å²) in [6, 6.07) is 0. The minimum Gasteiger partial charge on any atom is -0.469 e. The van der Waals surface area contributed by atoms with Crippen LogP contribution in [0.3, 0.4) is 0 Å². The second kappa shape index (κ2) is 6.39. The summed E-state index contributed by atoms with van der Waals surface area (Å²) in [6.07, 6.45) is 1.70. The number of ether oxygens (including phenoxy) is 2. The molecular weight excluding hydrogens is 216 g/mol. The maximum atomic E-state index is 12.3. The van der Waals surface area contributed by atoms with Crippen LogP contribution >= 0.6 is 0 Å². The van der Waals surface area contributed by atoms with Crippen molar-refractivity contribution in [2.24, 2.45) is 16.7 Å². The van der Waals surface area contributed by atoms with Crippen LogP contribution in [0.1, 0.15) is 47.5 Å². The molecule has 0 rings (SSSR count). The van der Waals surface area contributed by atoms with Crippen LogP contribution < -0.4 is 0 Å². The Bertz CT molecular complexity index is 246. The largest absolute Gasteiger partial charge is 0.469 e. The molecule has 0 heterocycles. The zero-order chi connectivity index (χ0) is 13.7. The lowest BCUT2D eigenvalue weighted by Crippen LogP contribution is -2.49. The summed E-state index contributed by atoms with van der Waals surface area (Å²) in [4.78, 5) is 12.3. The molecule has 17 heavy (non-hydrogen) atoms. The summed E-state index contributed by atoms with van der Waals surface area (Å²) in [6.45, 7) is 11.0. The van der Waals surface area contributed by atoms with E-state index in [4.69, 9.17) is 9.47 Å². The highest BCUT2D eigenvalue weighted by atomic mass is 16.5. The Labute approximate surface area is 106 Å². The number of esters is 1. The van der Waals surface area contributed by atoms with Crippen molar-refractivity contribution in [3.8, 4) is 0 Å². The van der Waals surface area contributed by atoms with Gasteiger partial charge in [0.25, 0.3) is 0 Å². The third kappa shape index (κ3) is 3.44. The van der Waals surface area contributed by atoms with Gasteiger partial charge in [-0.2, -0.15) is 0 Å². The lowest BCUT2D eigenvalue weighted by molar-refractivity contribution is -0.169. The number of carbonyl (C=O) groups excluding carboxylic acids is 1. The summed E-state index contributed by atoms with van der Waals surface area (Å²) < 4.78 is 10.4. The van der Waals surface area contributed by atoms with E-state index < -0.39 is 5.41 Å². The second-order valence-electron chi connectivity index (χ2n) is 5.84. The summed E-state index contributed by atoms with van der Waals surface area (Å²) in [7, 11) is 3.10. The van der Waals surface area contributed by atoms with Crippen LogP contribution in [-0.2, 0) is 14.3 Å². The first-order valence-electron chi connectivity index (χ1n) is 6.34. The van der Waals surface area contributed by atoms with Crippen LogP contribution in [-0.4, -0.2) is 26.8 Å². The van der Waals surface area contributed by atoms with Crippen molar-refractivity contribution in [1.29, 1.82) is 0 Å². The van der Waals surface area contributed by atoms with E-state index in [2.05, 4.69) is 34.6 Å². The minimum absolute atomic E-state index is 0.139. The molecule has 102 valence electrons. The number of hydrogen-bond acceptors (Lipinski definition) is 3. The Balaban J connectivity index is 5.46. The lowest BCUT2D eigenvalue weighted by Gasteiger charge is -2.44. The second-order valence-corrected chi connectivity index (χ2v) is 5.84.